The van der Waals surface area contributed by atoms with Gasteiger partial charge in [0.2, 0.25) is 0 Å². The van der Waals surface area contributed by atoms with Crippen LogP contribution in [0.15, 0.2) is 30.3 Å². The SMILES string of the molecule is [C-]1=CCc2ccccc21.[Cl][Ti+]([Cl])[Cl]. The third-order valence-electron chi connectivity index (χ3n) is 1.60. The second-order valence-corrected chi connectivity index (χ2v) is 10.2. The van der Waals surface area contributed by atoms with Crippen molar-refractivity contribution in [3.8, 4) is 0 Å². The van der Waals surface area contributed by atoms with Crippen LogP contribution in [0.4, 0.5) is 0 Å². The summed E-state index contributed by atoms with van der Waals surface area (Å²) >= 11 is -1.92. The first-order valence-corrected chi connectivity index (χ1v) is 10.1. The predicted octanol–water partition coefficient (Wildman–Crippen LogP) is 4.02. The zero-order valence-electron chi connectivity index (χ0n) is 6.73. The topological polar surface area (TPSA) is 0 Å². The van der Waals surface area contributed by atoms with E-state index in [9.17, 15) is 0 Å². The van der Waals surface area contributed by atoms with Crippen molar-refractivity contribution >= 4 is 27.9 Å². The number of hydrogen-bond donors (Lipinski definition) is 0. The van der Waals surface area contributed by atoms with Crippen LogP contribution in [0, 0.1) is 6.08 Å². The maximum atomic E-state index is 4.97. The Labute approximate surface area is 96.0 Å². The van der Waals surface area contributed by atoms with E-state index in [4.69, 9.17) is 27.9 Å². The van der Waals surface area contributed by atoms with E-state index in [1.807, 2.05) is 6.07 Å². The van der Waals surface area contributed by atoms with Crippen molar-refractivity contribution in [3.05, 3.63) is 47.5 Å². The molecule has 0 atom stereocenters. The van der Waals surface area contributed by atoms with Crippen molar-refractivity contribution in [1.82, 2.24) is 0 Å². The van der Waals surface area contributed by atoms with Crippen molar-refractivity contribution in [3.63, 3.8) is 0 Å². The molecule has 0 aliphatic heterocycles. The molecule has 1 aromatic rings. The number of rotatable bonds is 0. The number of allylic oxidation sites excluding steroid dienone is 1. The Morgan fingerprint density at radius 1 is 1.15 bits per heavy atom. The van der Waals surface area contributed by atoms with Gasteiger partial charge in [-0.15, -0.1) is 17.7 Å². The average Bonchev–Trinajstić information content (AvgIpc) is 2.49. The molecule has 0 amide bonds. The van der Waals surface area contributed by atoms with Crippen molar-refractivity contribution in [2.45, 2.75) is 6.42 Å². The Bertz CT molecular complexity index is 294. The quantitative estimate of drug-likeness (QED) is 0.493. The van der Waals surface area contributed by atoms with Crippen LogP contribution >= 0.6 is 27.9 Å². The van der Waals surface area contributed by atoms with Crippen LogP contribution in [0.1, 0.15) is 11.1 Å². The summed E-state index contributed by atoms with van der Waals surface area (Å²) in [6.45, 7) is 0. The van der Waals surface area contributed by atoms with Crippen LogP contribution < -0.4 is 0 Å². The first kappa shape index (κ1) is 11.6. The molecule has 0 fully saturated rings. The molecule has 4 heteroatoms. The van der Waals surface area contributed by atoms with Crippen molar-refractivity contribution < 1.29 is 14.7 Å². The van der Waals surface area contributed by atoms with Gasteiger partial charge in [-0.05, 0) is 0 Å². The molecule has 0 unspecified atom stereocenters. The van der Waals surface area contributed by atoms with E-state index in [1.165, 1.54) is 11.1 Å². The second-order valence-electron chi connectivity index (χ2n) is 2.42. The molecule has 0 N–H and O–H groups in total. The molecule has 68 valence electrons. The van der Waals surface area contributed by atoms with Gasteiger partial charge in [-0.2, -0.15) is 23.8 Å². The summed E-state index contributed by atoms with van der Waals surface area (Å²) in [6, 6.07) is 8.36. The van der Waals surface area contributed by atoms with Gasteiger partial charge in [0.15, 0.2) is 0 Å². The Morgan fingerprint density at radius 3 is 2.38 bits per heavy atom. The van der Waals surface area contributed by atoms with Crippen LogP contribution in [-0.2, 0) is 21.1 Å². The van der Waals surface area contributed by atoms with Crippen LogP contribution in [0.2, 0.25) is 0 Å². The van der Waals surface area contributed by atoms with Gasteiger partial charge in [0.05, 0.1) is 0 Å². The zero-order chi connectivity index (χ0) is 9.68. The van der Waals surface area contributed by atoms with Gasteiger partial charge in [-0.3, -0.25) is 0 Å². The van der Waals surface area contributed by atoms with E-state index in [0.29, 0.717) is 0 Å². The van der Waals surface area contributed by atoms with Crippen molar-refractivity contribution in [2.24, 2.45) is 0 Å². The summed E-state index contributed by atoms with van der Waals surface area (Å²) in [5.41, 5.74) is 2.66. The molecule has 0 heterocycles. The van der Waals surface area contributed by atoms with E-state index in [-0.39, 0.29) is 0 Å². The van der Waals surface area contributed by atoms with Crippen LogP contribution in [0.3, 0.4) is 0 Å². The van der Waals surface area contributed by atoms with Crippen LogP contribution in [0.5, 0.6) is 0 Å². The molecule has 13 heavy (non-hydrogen) atoms. The minimum atomic E-state index is -1.92. The van der Waals surface area contributed by atoms with Gasteiger partial charge in [0.25, 0.3) is 0 Å². The number of hydrogen-bond acceptors (Lipinski definition) is 0. The van der Waals surface area contributed by atoms with E-state index >= 15 is 0 Å². The standard InChI is InChI=1S/C9H7.3ClH.Ti/c1-2-5-9-7-3-6-8(9)4-1;;;;/h1-5H,6H2;3*1H;/q-1;;;;+4/p-3. The number of benzene rings is 1. The molecular formula is C9H7Cl3Ti. The Kier molecular flexibility index (Phi) is 5.46. The average molecular weight is 269 g/mol. The van der Waals surface area contributed by atoms with Gasteiger partial charge in [-0.25, -0.2) is 0 Å². The Morgan fingerprint density at radius 2 is 1.77 bits per heavy atom. The first-order chi connectivity index (χ1) is 6.20. The molecule has 0 bridgehead atoms. The van der Waals surface area contributed by atoms with E-state index in [2.05, 4.69) is 30.4 Å². The van der Waals surface area contributed by atoms with Crippen molar-refractivity contribution in [1.29, 1.82) is 0 Å². The Hall–Kier alpha value is 0.544. The third-order valence-corrected chi connectivity index (χ3v) is 1.60. The fourth-order valence-corrected chi connectivity index (χ4v) is 1.11. The van der Waals surface area contributed by atoms with Crippen molar-refractivity contribution in [2.75, 3.05) is 0 Å². The summed E-state index contributed by atoms with van der Waals surface area (Å²) in [5.74, 6) is 0. The summed E-state index contributed by atoms with van der Waals surface area (Å²) in [5, 5.41) is 0. The molecule has 2 rings (SSSR count). The minimum absolute atomic E-state index is 1.07. The molecule has 0 spiro atoms. The van der Waals surface area contributed by atoms with E-state index < -0.39 is 14.7 Å². The van der Waals surface area contributed by atoms with Gasteiger partial charge < -0.3 is 0 Å². The fourth-order valence-electron chi connectivity index (χ4n) is 1.11. The molecule has 1 aliphatic carbocycles. The van der Waals surface area contributed by atoms with Crippen LogP contribution in [0.25, 0.3) is 0 Å². The molecule has 0 aromatic heterocycles. The maximum absolute atomic E-state index is 4.97. The summed E-state index contributed by atoms with van der Waals surface area (Å²) < 4.78 is 0. The summed E-state index contributed by atoms with van der Waals surface area (Å²) in [4.78, 5) is 0. The third kappa shape index (κ3) is 4.53. The molecule has 0 radical (unpaired) electrons. The summed E-state index contributed by atoms with van der Waals surface area (Å²) in [7, 11) is 14.9. The van der Waals surface area contributed by atoms with E-state index in [1.54, 1.807) is 0 Å². The molecule has 1 aliphatic rings. The molecule has 0 saturated heterocycles. The van der Waals surface area contributed by atoms with Gasteiger partial charge >= 0.3 is 42.6 Å². The molecule has 0 saturated carbocycles. The normalized spacial score (nSPS) is 11.6. The second kappa shape index (κ2) is 6.11. The zero-order valence-corrected chi connectivity index (χ0v) is 10.6. The van der Waals surface area contributed by atoms with E-state index in [0.717, 1.165) is 6.42 Å². The van der Waals surface area contributed by atoms with Gasteiger partial charge in [0, 0.05) is 0 Å². The monoisotopic (exact) mass is 268 g/mol. The van der Waals surface area contributed by atoms with Gasteiger partial charge in [-0.1, -0.05) is 12.5 Å². The summed E-state index contributed by atoms with van der Waals surface area (Å²) in [6.07, 6.45) is 6.31. The molecular weight excluding hydrogens is 262 g/mol. The number of halogens is 3. The number of fused-ring (bicyclic) bond motifs is 1. The Balaban J connectivity index is 0.000000184. The van der Waals surface area contributed by atoms with Gasteiger partial charge in [0.1, 0.15) is 0 Å². The molecule has 1 aromatic carbocycles. The fraction of sp³-hybridized carbons (Fsp3) is 0.111. The van der Waals surface area contributed by atoms with Crippen LogP contribution in [-0.4, -0.2) is 0 Å². The molecule has 0 nitrogen and oxygen atoms in total. The predicted molar refractivity (Wildman–Crippen MR) is 54.6 cm³/mol. The first-order valence-electron chi connectivity index (χ1n) is 3.69.